The number of hydrogen-bond acceptors (Lipinski definition) is 5. The number of hydrogen-bond donors (Lipinski definition) is 5. The van der Waals surface area contributed by atoms with E-state index in [1.165, 1.54) is 24.3 Å². The van der Waals surface area contributed by atoms with Gasteiger partial charge in [-0.25, -0.2) is 24.8 Å². The molecule has 9 nitrogen and oxygen atoms in total. The van der Waals surface area contributed by atoms with Crippen LogP contribution in [0.5, 0.6) is 5.75 Å². The SMILES string of the molecule is COc1cc(NC(C)CCCNC(=O)NNC(=O)Nc2cccc(F)c2)c2ncccc2c1. The zero-order valence-corrected chi connectivity index (χ0v) is 18.4. The van der Waals surface area contributed by atoms with E-state index < -0.39 is 17.9 Å². The molecule has 0 spiro atoms. The van der Waals surface area contributed by atoms with Gasteiger partial charge in [0, 0.05) is 35.9 Å². The fraction of sp³-hybridized carbons (Fsp3) is 0.261. The normalized spacial score (nSPS) is 11.4. The number of carbonyl (C=O) groups excluding carboxylic acids is 2. The summed E-state index contributed by atoms with van der Waals surface area (Å²) in [6.07, 6.45) is 3.26. The fourth-order valence-electron chi connectivity index (χ4n) is 3.23. The number of pyridine rings is 1. The van der Waals surface area contributed by atoms with E-state index in [0.717, 1.165) is 28.8 Å². The number of urea groups is 2. The summed E-state index contributed by atoms with van der Waals surface area (Å²) in [5.41, 5.74) is 6.45. The topological polar surface area (TPSA) is 116 Å². The highest BCUT2D eigenvalue weighted by molar-refractivity contribution is 5.92. The van der Waals surface area contributed by atoms with Crippen LogP contribution in [0.1, 0.15) is 19.8 Å². The van der Waals surface area contributed by atoms with Crippen LogP contribution in [0.2, 0.25) is 0 Å². The average Bonchev–Trinajstić information content (AvgIpc) is 2.80. The summed E-state index contributed by atoms with van der Waals surface area (Å²) in [5.74, 6) is 0.274. The third kappa shape index (κ3) is 7.23. The fourth-order valence-corrected chi connectivity index (χ4v) is 3.23. The molecule has 0 bridgehead atoms. The van der Waals surface area contributed by atoms with Crippen molar-refractivity contribution >= 4 is 34.3 Å². The Kier molecular flexibility index (Phi) is 8.23. The second-order valence-corrected chi connectivity index (χ2v) is 7.41. The summed E-state index contributed by atoms with van der Waals surface area (Å²) in [5, 5.41) is 9.51. The Morgan fingerprint density at radius 3 is 2.70 bits per heavy atom. The van der Waals surface area contributed by atoms with E-state index in [2.05, 4.69) is 31.8 Å². The Hall–Kier alpha value is -4.08. The minimum absolute atomic E-state index is 0.127. The summed E-state index contributed by atoms with van der Waals surface area (Å²) < 4.78 is 18.5. The minimum Gasteiger partial charge on any atom is -0.497 e. The van der Waals surface area contributed by atoms with Crippen molar-refractivity contribution in [2.75, 3.05) is 24.3 Å². The van der Waals surface area contributed by atoms with Crippen molar-refractivity contribution in [2.45, 2.75) is 25.8 Å². The van der Waals surface area contributed by atoms with E-state index in [4.69, 9.17) is 4.74 Å². The van der Waals surface area contributed by atoms with Crippen LogP contribution in [0.15, 0.2) is 54.7 Å². The molecule has 3 rings (SSSR count). The minimum atomic E-state index is -0.687. The van der Waals surface area contributed by atoms with Gasteiger partial charge in [0.25, 0.3) is 0 Å². The Bertz CT molecular complexity index is 1110. The largest absolute Gasteiger partial charge is 0.497 e. The number of nitrogens with one attached hydrogen (secondary N) is 5. The summed E-state index contributed by atoms with van der Waals surface area (Å²) in [6, 6.07) is 12.0. The molecule has 33 heavy (non-hydrogen) atoms. The van der Waals surface area contributed by atoms with Gasteiger partial charge in [-0.15, -0.1) is 0 Å². The number of halogens is 1. The molecule has 5 N–H and O–H groups in total. The number of carbonyl (C=O) groups is 2. The van der Waals surface area contributed by atoms with Gasteiger partial charge < -0.3 is 20.7 Å². The third-order valence-corrected chi connectivity index (χ3v) is 4.79. The zero-order chi connectivity index (χ0) is 23.6. The predicted octanol–water partition coefficient (Wildman–Crippen LogP) is 4.00. The smallest absolute Gasteiger partial charge is 0.337 e. The number of aromatic nitrogens is 1. The van der Waals surface area contributed by atoms with Gasteiger partial charge in [-0.1, -0.05) is 12.1 Å². The van der Waals surface area contributed by atoms with E-state index in [-0.39, 0.29) is 11.7 Å². The van der Waals surface area contributed by atoms with Gasteiger partial charge in [-0.2, -0.15) is 0 Å². The van der Waals surface area contributed by atoms with Gasteiger partial charge in [0.2, 0.25) is 0 Å². The first-order chi connectivity index (χ1) is 15.9. The molecule has 1 unspecified atom stereocenters. The van der Waals surface area contributed by atoms with E-state index in [0.29, 0.717) is 13.0 Å². The maximum atomic E-state index is 13.1. The number of fused-ring (bicyclic) bond motifs is 1. The maximum absolute atomic E-state index is 13.1. The van der Waals surface area contributed by atoms with Crippen molar-refractivity contribution in [3.63, 3.8) is 0 Å². The number of methoxy groups -OCH3 is 1. The molecule has 0 saturated heterocycles. The van der Waals surface area contributed by atoms with Crippen LogP contribution in [-0.4, -0.2) is 36.7 Å². The molecule has 1 heterocycles. The summed E-state index contributed by atoms with van der Waals surface area (Å²) in [6.45, 7) is 2.47. The first-order valence-electron chi connectivity index (χ1n) is 10.5. The van der Waals surface area contributed by atoms with Gasteiger partial charge >= 0.3 is 12.1 Å². The molecule has 0 aliphatic heterocycles. The summed E-state index contributed by atoms with van der Waals surface area (Å²) >= 11 is 0. The standard InChI is InChI=1S/C23H27FN6O3/c1-15(27-20-14-19(33-2)12-16-7-5-10-25-21(16)20)6-4-11-26-22(31)29-30-23(32)28-18-9-3-8-17(24)13-18/h3,5,7-10,12-15,27H,4,6,11H2,1-2H3,(H2,26,29,31)(H2,28,30,32). The van der Waals surface area contributed by atoms with Crippen molar-refractivity contribution in [3.8, 4) is 5.75 Å². The summed E-state index contributed by atoms with van der Waals surface area (Å²) in [4.78, 5) is 28.0. The lowest BCUT2D eigenvalue weighted by molar-refractivity contribution is 0.229. The van der Waals surface area contributed by atoms with Crippen LogP contribution in [0.25, 0.3) is 10.9 Å². The molecular weight excluding hydrogens is 427 g/mol. The number of anilines is 2. The number of benzene rings is 2. The van der Waals surface area contributed by atoms with E-state index in [1.807, 2.05) is 31.2 Å². The zero-order valence-electron chi connectivity index (χ0n) is 18.4. The lowest BCUT2D eigenvalue weighted by Gasteiger charge is -2.17. The van der Waals surface area contributed by atoms with E-state index in [1.54, 1.807) is 13.3 Å². The van der Waals surface area contributed by atoms with Crippen molar-refractivity contribution < 1.29 is 18.7 Å². The van der Waals surface area contributed by atoms with Crippen LogP contribution >= 0.6 is 0 Å². The molecule has 0 aliphatic carbocycles. The Labute approximate surface area is 191 Å². The van der Waals surface area contributed by atoms with Gasteiger partial charge in [0.15, 0.2) is 0 Å². The van der Waals surface area contributed by atoms with Crippen molar-refractivity contribution in [3.05, 3.63) is 60.5 Å². The molecule has 0 saturated carbocycles. The van der Waals surface area contributed by atoms with Crippen LogP contribution in [0.4, 0.5) is 25.4 Å². The number of ether oxygens (including phenoxy) is 1. The molecule has 1 aromatic heterocycles. The lowest BCUT2D eigenvalue weighted by atomic mass is 10.1. The predicted molar refractivity (Wildman–Crippen MR) is 126 cm³/mol. The highest BCUT2D eigenvalue weighted by Crippen LogP contribution is 2.28. The Morgan fingerprint density at radius 2 is 1.91 bits per heavy atom. The molecule has 3 aromatic rings. The monoisotopic (exact) mass is 454 g/mol. The molecule has 0 aliphatic rings. The first kappa shape index (κ1) is 23.6. The van der Waals surface area contributed by atoms with Gasteiger partial charge in [-0.3, -0.25) is 4.98 Å². The van der Waals surface area contributed by atoms with Crippen molar-refractivity contribution in [1.82, 2.24) is 21.2 Å². The molecule has 0 radical (unpaired) electrons. The number of rotatable bonds is 8. The van der Waals surface area contributed by atoms with Gasteiger partial charge in [0.05, 0.1) is 18.3 Å². The van der Waals surface area contributed by atoms with Gasteiger partial charge in [0.1, 0.15) is 11.6 Å². The number of hydrazine groups is 1. The Morgan fingerprint density at radius 1 is 1.09 bits per heavy atom. The molecular formula is C23H27FN6O3. The maximum Gasteiger partial charge on any atom is 0.337 e. The number of nitrogens with zero attached hydrogens (tertiary/aromatic N) is 1. The molecule has 2 aromatic carbocycles. The van der Waals surface area contributed by atoms with Crippen LogP contribution in [0, 0.1) is 5.82 Å². The lowest BCUT2D eigenvalue weighted by Crippen LogP contribution is -2.48. The first-order valence-corrected chi connectivity index (χ1v) is 10.5. The van der Waals surface area contributed by atoms with Crippen molar-refractivity contribution in [2.24, 2.45) is 0 Å². The molecule has 174 valence electrons. The molecule has 1 atom stereocenters. The average molecular weight is 455 g/mol. The number of amides is 4. The van der Waals surface area contributed by atoms with Crippen LogP contribution in [0.3, 0.4) is 0 Å². The summed E-state index contributed by atoms with van der Waals surface area (Å²) in [7, 11) is 1.63. The molecule has 0 fully saturated rings. The second-order valence-electron chi connectivity index (χ2n) is 7.41. The van der Waals surface area contributed by atoms with Crippen LogP contribution in [-0.2, 0) is 0 Å². The Balaban J connectivity index is 1.37. The second kappa shape index (κ2) is 11.5. The van der Waals surface area contributed by atoms with Crippen molar-refractivity contribution in [1.29, 1.82) is 0 Å². The highest BCUT2D eigenvalue weighted by Gasteiger charge is 2.10. The molecule has 4 amide bonds. The van der Waals surface area contributed by atoms with E-state index >= 15 is 0 Å². The third-order valence-electron chi connectivity index (χ3n) is 4.79. The van der Waals surface area contributed by atoms with E-state index in [9.17, 15) is 14.0 Å². The van der Waals surface area contributed by atoms with Crippen LogP contribution < -0.4 is 31.5 Å². The quantitative estimate of drug-likeness (QED) is 0.261. The highest BCUT2D eigenvalue weighted by atomic mass is 19.1. The van der Waals surface area contributed by atoms with Gasteiger partial charge in [-0.05, 0) is 50.1 Å². The molecule has 10 heteroatoms.